The number of nitrogens with zero attached hydrogens (tertiary/aromatic N) is 5. The smallest absolute Gasteiger partial charge is 0.253 e. The lowest BCUT2D eigenvalue weighted by molar-refractivity contribution is -0.127. The van der Waals surface area contributed by atoms with E-state index in [1.807, 2.05) is 37.4 Å². The summed E-state index contributed by atoms with van der Waals surface area (Å²) in [7, 11) is 1.83. The summed E-state index contributed by atoms with van der Waals surface area (Å²) in [5, 5.41) is 14.9. The molecule has 28 heavy (non-hydrogen) atoms. The Morgan fingerprint density at radius 3 is 2.57 bits per heavy atom. The molecule has 0 radical (unpaired) electrons. The molecule has 2 heterocycles. The molecule has 1 amide bonds. The number of carbonyl (C=O) groups excluding carboxylic acids is 1. The average molecular weight is 395 g/mol. The van der Waals surface area contributed by atoms with Crippen LogP contribution in [0, 0.1) is 5.82 Å². The molecule has 4 rings (SSSR count). The highest BCUT2D eigenvalue weighted by Crippen LogP contribution is 2.23. The van der Waals surface area contributed by atoms with Crippen molar-refractivity contribution in [1.29, 1.82) is 0 Å². The summed E-state index contributed by atoms with van der Waals surface area (Å²) in [6, 6.07) is 16.0. The minimum Gasteiger partial charge on any atom is -0.305 e. The maximum atomic E-state index is 13.1. The van der Waals surface area contributed by atoms with Gasteiger partial charge in [0.05, 0.1) is 18.0 Å². The van der Waals surface area contributed by atoms with Crippen LogP contribution >= 0.6 is 11.8 Å². The van der Waals surface area contributed by atoms with Gasteiger partial charge in [0.15, 0.2) is 11.0 Å². The molecule has 1 aliphatic rings. The predicted molar refractivity (Wildman–Crippen MR) is 106 cm³/mol. The third-order valence-corrected chi connectivity index (χ3v) is 5.46. The molecular weight excluding hydrogens is 377 g/mol. The molecule has 1 aliphatic heterocycles. The molecule has 0 bridgehead atoms. The first-order valence-corrected chi connectivity index (χ1v) is 9.82. The van der Waals surface area contributed by atoms with E-state index < -0.39 is 0 Å². The van der Waals surface area contributed by atoms with Gasteiger partial charge < -0.3 is 4.57 Å². The van der Waals surface area contributed by atoms with Crippen molar-refractivity contribution in [1.82, 2.24) is 19.8 Å². The Morgan fingerprint density at radius 2 is 1.82 bits per heavy atom. The second-order valence-electron chi connectivity index (χ2n) is 6.34. The van der Waals surface area contributed by atoms with Crippen molar-refractivity contribution < 1.29 is 9.18 Å². The molecular formula is C20H18FN5OS. The van der Waals surface area contributed by atoms with Crippen LogP contribution < -0.4 is 0 Å². The molecule has 2 aromatic carbocycles. The van der Waals surface area contributed by atoms with Crippen molar-refractivity contribution in [3.05, 3.63) is 66.0 Å². The number of hydrazone groups is 1. The van der Waals surface area contributed by atoms with Crippen LogP contribution in [0.2, 0.25) is 0 Å². The van der Waals surface area contributed by atoms with Crippen molar-refractivity contribution in [2.45, 2.75) is 11.6 Å². The summed E-state index contributed by atoms with van der Waals surface area (Å²) in [5.74, 6) is 0.482. The lowest BCUT2D eigenvalue weighted by Gasteiger charge is -2.10. The SMILES string of the molecule is Cn1c(SCC(=O)N2CCC(c3ccccc3)=N2)nnc1-c1ccc(F)cc1. The third-order valence-electron chi connectivity index (χ3n) is 4.46. The normalized spacial score (nSPS) is 13.6. The molecule has 0 spiro atoms. The van der Waals surface area contributed by atoms with Gasteiger partial charge in [-0.15, -0.1) is 10.2 Å². The van der Waals surface area contributed by atoms with Gasteiger partial charge in [0, 0.05) is 19.0 Å². The largest absolute Gasteiger partial charge is 0.305 e. The van der Waals surface area contributed by atoms with Crippen LogP contribution in [0.25, 0.3) is 11.4 Å². The van der Waals surface area contributed by atoms with Gasteiger partial charge >= 0.3 is 0 Å². The van der Waals surface area contributed by atoms with Crippen molar-refractivity contribution in [3.63, 3.8) is 0 Å². The van der Waals surface area contributed by atoms with Crippen LogP contribution in [0.1, 0.15) is 12.0 Å². The molecule has 1 aromatic heterocycles. The zero-order chi connectivity index (χ0) is 19.5. The Bertz CT molecular complexity index is 1020. The fourth-order valence-corrected chi connectivity index (χ4v) is 3.74. The molecule has 0 unspecified atom stereocenters. The number of aromatic nitrogens is 3. The number of thioether (sulfide) groups is 1. The van der Waals surface area contributed by atoms with Gasteiger partial charge in [-0.3, -0.25) is 4.79 Å². The molecule has 6 nitrogen and oxygen atoms in total. The van der Waals surface area contributed by atoms with Crippen LogP contribution in [0.4, 0.5) is 4.39 Å². The highest BCUT2D eigenvalue weighted by molar-refractivity contribution is 7.99. The summed E-state index contributed by atoms with van der Waals surface area (Å²) in [4.78, 5) is 12.5. The number of carbonyl (C=O) groups is 1. The molecule has 0 atom stereocenters. The monoisotopic (exact) mass is 395 g/mol. The first-order valence-electron chi connectivity index (χ1n) is 8.83. The summed E-state index contributed by atoms with van der Waals surface area (Å²) in [5.41, 5.74) is 2.74. The van der Waals surface area contributed by atoms with Gasteiger partial charge in [0.25, 0.3) is 5.91 Å². The van der Waals surface area contributed by atoms with Gasteiger partial charge in [-0.2, -0.15) is 5.10 Å². The number of hydrogen-bond acceptors (Lipinski definition) is 5. The summed E-state index contributed by atoms with van der Waals surface area (Å²) in [6.07, 6.45) is 0.749. The number of benzene rings is 2. The first-order chi connectivity index (χ1) is 13.6. The van der Waals surface area contributed by atoms with Crippen LogP contribution in [-0.4, -0.2) is 43.7 Å². The first kappa shape index (κ1) is 18.4. The number of hydrogen-bond donors (Lipinski definition) is 0. The minimum atomic E-state index is -0.299. The van der Waals surface area contributed by atoms with Crippen LogP contribution in [0.3, 0.4) is 0 Å². The topological polar surface area (TPSA) is 63.4 Å². The molecule has 3 aromatic rings. The Hall–Kier alpha value is -3.00. The number of amides is 1. The van der Waals surface area contributed by atoms with Gasteiger partial charge in [-0.05, 0) is 29.8 Å². The molecule has 0 saturated carbocycles. The van der Waals surface area contributed by atoms with Gasteiger partial charge in [0.2, 0.25) is 0 Å². The molecule has 0 fully saturated rings. The van der Waals surface area contributed by atoms with E-state index in [4.69, 9.17) is 0 Å². The Balaban J connectivity index is 1.40. The third kappa shape index (κ3) is 3.82. The van der Waals surface area contributed by atoms with Crippen molar-refractivity contribution in [3.8, 4) is 11.4 Å². The highest BCUT2D eigenvalue weighted by Gasteiger charge is 2.22. The fourth-order valence-electron chi connectivity index (χ4n) is 2.96. The zero-order valence-electron chi connectivity index (χ0n) is 15.2. The number of halogens is 1. The van der Waals surface area contributed by atoms with E-state index in [2.05, 4.69) is 15.3 Å². The van der Waals surface area contributed by atoms with Crippen molar-refractivity contribution in [2.75, 3.05) is 12.3 Å². The lowest BCUT2D eigenvalue weighted by atomic mass is 10.1. The molecule has 0 aliphatic carbocycles. The zero-order valence-corrected chi connectivity index (χ0v) is 16.1. The van der Waals surface area contributed by atoms with Gasteiger partial charge in [0.1, 0.15) is 5.82 Å². The lowest BCUT2D eigenvalue weighted by Crippen LogP contribution is -2.25. The predicted octanol–water partition coefficient (Wildman–Crippen LogP) is 3.35. The van der Waals surface area contributed by atoms with Crippen LogP contribution in [0.15, 0.2) is 64.9 Å². The quantitative estimate of drug-likeness (QED) is 0.622. The number of rotatable bonds is 5. The Morgan fingerprint density at radius 1 is 1.07 bits per heavy atom. The molecule has 0 saturated heterocycles. The van der Waals surface area contributed by atoms with E-state index in [-0.39, 0.29) is 17.5 Å². The van der Waals surface area contributed by atoms with E-state index in [1.165, 1.54) is 28.9 Å². The Labute approximate surface area is 166 Å². The molecule has 142 valence electrons. The van der Waals surface area contributed by atoms with Crippen LogP contribution in [-0.2, 0) is 11.8 Å². The van der Waals surface area contributed by atoms with E-state index in [0.29, 0.717) is 17.5 Å². The second kappa shape index (κ2) is 7.93. The van der Waals surface area contributed by atoms with Gasteiger partial charge in [-0.1, -0.05) is 42.1 Å². The highest BCUT2D eigenvalue weighted by atomic mass is 32.2. The van der Waals surface area contributed by atoms with E-state index in [0.717, 1.165) is 23.3 Å². The molecule has 0 N–H and O–H groups in total. The van der Waals surface area contributed by atoms with Gasteiger partial charge in [-0.25, -0.2) is 9.40 Å². The maximum absolute atomic E-state index is 13.1. The fraction of sp³-hybridized carbons (Fsp3) is 0.200. The second-order valence-corrected chi connectivity index (χ2v) is 7.28. The van der Waals surface area contributed by atoms with Crippen molar-refractivity contribution in [2.24, 2.45) is 12.1 Å². The Kier molecular flexibility index (Phi) is 5.21. The summed E-state index contributed by atoms with van der Waals surface area (Å²) >= 11 is 1.31. The summed E-state index contributed by atoms with van der Waals surface area (Å²) in [6.45, 7) is 0.587. The standard InChI is InChI=1S/C20H18FN5OS/c1-25-19(15-7-9-16(21)10-8-15)22-23-20(25)28-13-18(27)26-12-11-17(24-26)14-5-3-2-4-6-14/h2-10H,11-13H2,1H3. The van der Waals surface area contributed by atoms with E-state index in [1.54, 1.807) is 16.7 Å². The summed E-state index contributed by atoms with van der Waals surface area (Å²) < 4.78 is 14.9. The average Bonchev–Trinajstić information content (AvgIpc) is 3.35. The van der Waals surface area contributed by atoms with E-state index >= 15 is 0 Å². The van der Waals surface area contributed by atoms with E-state index in [9.17, 15) is 9.18 Å². The van der Waals surface area contributed by atoms with Crippen LogP contribution in [0.5, 0.6) is 0 Å². The molecule has 8 heteroatoms. The maximum Gasteiger partial charge on any atom is 0.253 e. The minimum absolute atomic E-state index is 0.0673. The van der Waals surface area contributed by atoms with Crippen molar-refractivity contribution >= 4 is 23.4 Å².